The van der Waals surface area contributed by atoms with Crippen LogP contribution < -0.4 is 16.4 Å². The number of benzene rings is 1. The van der Waals surface area contributed by atoms with Gasteiger partial charge in [-0.3, -0.25) is 9.69 Å². The van der Waals surface area contributed by atoms with Crippen molar-refractivity contribution in [1.82, 2.24) is 4.90 Å². The molecule has 1 aromatic carbocycles. The van der Waals surface area contributed by atoms with Crippen LogP contribution in [0.15, 0.2) is 24.3 Å². The minimum atomic E-state index is -0.633. The van der Waals surface area contributed by atoms with Crippen LogP contribution in [0.3, 0.4) is 0 Å². The molecule has 0 unspecified atom stereocenters. The number of urea groups is 1. The van der Waals surface area contributed by atoms with Gasteiger partial charge in [0.15, 0.2) is 0 Å². The van der Waals surface area contributed by atoms with Gasteiger partial charge in [0.1, 0.15) is 6.04 Å². The van der Waals surface area contributed by atoms with E-state index in [0.717, 1.165) is 13.1 Å². The molecule has 7 heteroatoms. The highest BCUT2D eigenvalue weighted by molar-refractivity contribution is 5.96. The molecule has 2 aliphatic rings. The van der Waals surface area contributed by atoms with Crippen LogP contribution in [-0.4, -0.2) is 49.2 Å². The van der Waals surface area contributed by atoms with E-state index in [4.69, 9.17) is 10.5 Å². The Morgan fingerprint density at radius 1 is 1.25 bits per heavy atom. The number of morpholine rings is 1. The third-order valence-corrected chi connectivity index (χ3v) is 4.66. The summed E-state index contributed by atoms with van der Waals surface area (Å²) in [5.74, 6) is 0.631. The van der Waals surface area contributed by atoms with Gasteiger partial charge >= 0.3 is 6.03 Å². The van der Waals surface area contributed by atoms with Crippen molar-refractivity contribution in [3.8, 4) is 0 Å². The van der Waals surface area contributed by atoms with E-state index < -0.39 is 6.03 Å². The second-order valence-electron chi connectivity index (χ2n) is 6.44. The molecular weight excluding hydrogens is 308 g/mol. The van der Waals surface area contributed by atoms with Crippen LogP contribution in [0.4, 0.5) is 16.2 Å². The van der Waals surface area contributed by atoms with Crippen molar-refractivity contribution in [2.45, 2.75) is 25.3 Å². The van der Waals surface area contributed by atoms with Gasteiger partial charge < -0.3 is 21.1 Å². The van der Waals surface area contributed by atoms with Gasteiger partial charge in [0.2, 0.25) is 5.91 Å². The lowest BCUT2D eigenvalue weighted by atomic mass is 9.84. The van der Waals surface area contributed by atoms with E-state index in [1.807, 2.05) is 0 Å². The SMILES string of the molecule is NC(=O)Nc1cccc(NC(=O)[C@@H]2COCCN2CC2CCC2)c1. The monoisotopic (exact) mass is 332 g/mol. The van der Waals surface area contributed by atoms with Crippen molar-refractivity contribution >= 4 is 23.3 Å². The number of nitrogens with zero attached hydrogens (tertiary/aromatic N) is 1. The zero-order valence-electron chi connectivity index (χ0n) is 13.7. The summed E-state index contributed by atoms with van der Waals surface area (Å²) in [5, 5.41) is 5.41. The fraction of sp³-hybridized carbons (Fsp3) is 0.529. The first-order valence-electron chi connectivity index (χ1n) is 8.41. The number of ether oxygens (including phenoxy) is 1. The lowest BCUT2D eigenvalue weighted by Crippen LogP contribution is -2.53. The number of anilines is 2. The first-order valence-corrected chi connectivity index (χ1v) is 8.41. The van der Waals surface area contributed by atoms with Crippen molar-refractivity contribution < 1.29 is 14.3 Å². The van der Waals surface area contributed by atoms with Gasteiger partial charge in [-0.15, -0.1) is 0 Å². The fourth-order valence-electron chi connectivity index (χ4n) is 3.15. The molecule has 0 spiro atoms. The quantitative estimate of drug-likeness (QED) is 0.763. The van der Waals surface area contributed by atoms with E-state index in [-0.39, 0.29) is 11.9 Å². The number of primary amides is 1. The summed E-state index contributed by atoms with van der Waals surface area (Å²) in [6, 6.07) is 6.03. The van der Waals surface area contributed by atoms with Gasteiger partial charge in [-0.2, -0.15) is 0 Å². The number of hydrogen-bond acceptors (Lipinski definition) is 4. The van der Waals surface area contributed by atoms with Crippen molar-refractivity contribution in [2.75, 3.05) is 36.9 Å². The van der Waals surface area contributed by atoms with Gasteiger partial charge in [0.05, 0.1) is 13.2 Å². The van der Waals surface area contributed by atoms with Gasteiger partial charge in [-0.05, 0) is 37.0 Å². The third-order valence-electron chi connectivity index (χ3n) is 4.66. The Bertz CT molecular complexity index is 603. The molecule has 1 aromatic rings. The first-order chi connectivity index (χ1) is 11.6. The molecule has 1 heterocycles. The molecule has 1 aliphatic carbocycles. The second kappa shape index (κ2) is 7.63. The molecule has 2 fully saturated rings. The summed E-state index contributed by atoms with van der Waals surface area (Å²) in [6.45, 7) is 2.84. The molecule has 7 nitrogen and oxygen atoms in total. The lowest BCUT2D eigenvalue weighted by Gasteiger charge is -2.39. The largest absolute Gasteiger partial charge is 0.378 e. The molecule has 1 saturated carbocycles. The highest BCUT2D eigenvalue weighted by Crippen LogP contribution is 2.28. The van der Waals surface area contributed by atoms with Crippen LogP contribution in [-0.2, 0) is 9.53 Å². The van der Waals surface area contributed by atoms with E-state index >= 15 is 0 Å². The van der Waals surface area contributed by atoms with E-state index in [1.165, 1.54) is 19.3 Å². The predicted octanol–water partition coefficient (Wildman–Crippen LogP) is 1.62. The Morgan fingerprint density at radius 2 is 2.00 bits per heavy atom. The third kappa shape index (κ3) is 4.24. The van der Waals surface area contributed by atoms with Gasteiger partial charge in [-0.1, -0.05) is 12.5 Å². The van der Waals surface area contributed by atoms with E-state index in [0.29, 0.717) is 30.5 Å². The smallest absolute Gasteiger partial charge is 0.316 e. The van der Waals surface area contributed by atoms with Crippen LogP contribution in [0.5, 0.6) is 0 Å². The van der Waals surface area contributed by atoms with E-state index in [2.05, 4.69) is 15.5 Å². The summed E-state index contributed by atoms with van der Waals surface area (Å²) in [4.78, 5) is 25.8. The number of rotatable bonds is 5. The Kier molecular flexibility index (Phi) is 5.32. The first kappa shape index (κ1) is 16.7. The molecule has 0 bridgehead atoms. The molecule has 130 valence electrons. The van der Waals surface area contributed by atoms with Crippen LogP contribution in [0, 0.1) is 5.92 Å². The van der Waals surface area contributed by atoms with Crippen molar-refractivity contribution in [2.24, 2.45) is 11.7 Å². The van der Waals surface area contributed by atoms with Gasteiger partial charge in [0, 0.05) is 24.5 Å². The average molecular weight is 332 g/mol. The second-order valence-corrected chi connectivity index (χ2v) is 6.44. The Labute approximate surface area is 141 Å². The van der Waals surface area contributed by atoms with Crippen LogP contribution in [0.25, 0.3) is 0 Å². The molecule has 3 amide bonds. The Morgan fingerprint density at radius 3 is 2.67 bits per heavy atom. The molecule has 1 saturated heterocycles. The molecule has 0 aromatic heterocycles. The molecule has 1 atom stereocenters. The molecule has 24 heavy (non-hydrogen) atoms. The zero-order chi connectivity index (χ0) is 16.9. The Balaban J connectivity index is 1.62. The van der Waals surface area contributed by atoms with Crippen molar-refractivity contribution in [3.63, 3.8) is 0 Å². The topological polar surface area (TPSA) is 96.7 Å². The highest BCUT2D eigenvalue weighted by Gasteiger charge is 2.32. The number of nitrogens with one attached hydrogen (secondary N) is 2. The minimum absolute atomic E-state index is 0.0785. The normalized spacial score (nSPS) is 21.8. The molecule has 0 radical (unpaired) electrons. The maximum atomic E-state index is 12.7. The van der Waals surface area contributed by atoms with Crippen LogP contribution >= 0.6 is 0 Å². The fourth-order valence-corrected chi connectivity index (χ4v) is 3.15. The number of nitrogens with two attached hydrogens (primary N) is 1. The summed E-state index contributed by atoms with van der Waals surface area (Å²) < 4.78 is 5.50. The number of amides is 3. The van der Waals surface area contributed by atoms with Gasteiger partial charge in [-0.25, -0.2) is 4.79 Å². The maximum absolute atomic E-state index is 12.7. The molecular formula is C17H24N4O3. The summed E-state index contributed by atoms with van der Waals surface area (Å²) >= 11 is 0. The number of carbonyl (C=O) groups is 2. The Hall–Kier alpha value is -2.12. The van der Waals surface area contributed by atoms with E-state index in [9.17, 15) is 9.59 Å². The van der Waals surface area contributed by atoms with Crippen molar-refractivity contribution in [1.29, 1.82) is 0 Å². The highest BCUT2D eigenvalue weighted by atomic mass is 16.5. The van der Waals surface area contributed by atoms with Gasteiger partial charge in [0.25, 0.3) is 0 Å². The molecule has 1 aliphatic heterocycles. The summed E-state index contributed by atoms with van der Waals surface area (Å²) in [7, 11) is 0. The number of carbonyl (C=O) groups excluding carboxylic acids is 2. The van der Waals surface area contributed by atoms with E-state index in [1.54, 1.807) is 24.3 Å². The summed E-state index contributed by atoms with van der Waals surface area (Å²) in [5.41, 5.74) is 6.29. The maximum Gasteiger partial charge on any atom is 0.316 e. The average Bonchev–Trinajstić information content (AvgIpc) is 2.51. The van der Waals surface area contributed by atoms with Crippen LogP contribution in [0.2, 0.25) is 0 Å². The standard InChI is InChI=1S/C17H24N4O3/c18-17(23)20-14-6-2-5-13(9-14)19-16(22)15-11-24-8-7-21(15)10-12-3-1-4-12/h2,5-6,9,12,15H,1,3-4,7-8,10-11H2,(H,19,22)(H3,18,20,23)/t15-/m0/s1. The molecule has 4 N–H and O–H groups in total. The molecule has 3 rings (SSSR count). The number of hydrogen-bond donors (Lipinski definition) is 3. The van der Waals surface area contributed by atoms with Crippen molar-refractivity contribution in [3.05, 3.63) is 24.3 Å². The zero-order valence-corrected chi connectivity index (χ0v) is 13.7. The lowest BCUT2D eigenvalue weighted by molar-refractivity contribution is -0.128. The predicted molar refractivity (Wildman–Crippen MR) is 91.8 cm³/mol. The summed E-state index contributed by atoms with van der Waals surface area (Å²) in [6.07, 6.45) is 3.81. The minimum Gasteiger partial charge on any atom is -0.378 e. The van der Waals surface area contributed by atoms with Crippen LogP contribution in [0.1, 0.15) is 19.3 Å².